The molecular weight excluding hydrogens is 458 g/mol. The monoisotopic (exact) mass is 483 g/mol. The molecule has 1 aromatic heterocycles. The Bertz CT molecular complexity index is 1250. The third kappa shape index (κ3) is 5.50. The summed E-state index contributed by atoms with van der Waals surface area (Å²) < 4.78 is 33.1. The molecule has 2 heterocycles. The number of amides is 1. The van der Waals surface area contributed by atoms with Gasteiger partial charge in [-0.25, -0.2) is 13.4 Å². The van der Waals surface area contributed by atoms with Crippen LogP contribution in [0, 0.1) is 0 Å². The summed E-state index contributed by atoms with van der Waals surface area (Å²) in [7, 11) is -2.22. The Kier molecular flexibility index (Phi) is 7.22. The van der Waals surface area contributed by atoms with Crippen molar-refractivity contribution in [2.24, 2.45) is 0 Å². The number of sulfonamides is 1. The minimum atomic E-state index is -3.67. The van der Waals surface area contributed by atoms with E-state index in [-0.39, 0.29) is 10.8 Å². The molecule has 0 bridgehead atoms. The zero-order valence-electron chi connectivity index (χ0n) is 18.2. The van der Waals surface area contributed by atoms with Crippen molar-refractivity contribution in [2.45, 2.75) is 24.2 Å². The van der Waals surface area contributed by atoms with E-state index in [1.165, 1.54) is 28.8 Å². The van der Waals surface area contributed by atoms with E-state index in [1.54, 1.807) is 24.3 Å². The predicted octanol–water partition coefficient (Wildman–Crippen LogP) is 4.65. The lowest BCUT2D eigenvalue weighted by atomic mass is 10.2. The number of ether oxygens (including phenoxy) is 1. The molecule has 0 spiro atoms. The Balaban J connectivity index is 1.48. The lowest BCUT2D eigenvalue weighted by Gasteiger charge is -2.26. The first-order valence-corrected chi connectivity index (χ1v) is 13.0. The van der Waals surface area contributed by atoms with E-state index >= 15 is 0 Å². The van der Waals surface area contributed by atoms with E-state index in [0.29, 0.717) is 29.5 Å². The van der Waals surface area contributed by atoms with E-state index < -0.39 is 10.0 Å². The minimum absolute atomic E-state index is 0.113. The molecule has 0 saturated carbocycles. The molecule has 9 heteroatoms. The number of carbonyl (C=O) groups is 1. The summed E-state index contributed by atoms with van der Waals surface area (Å²) in [5, 5.41) is 5.13. The molecular formula is C24H25N3O4S2. The van der Waals surface area contributed by atoms with Crippen LogP contribution in [-0.4, -0.2) is 43.8 Å². The Hall–Kier alpha value is -3.01. The van der Waals surface area contributed by atoms with Gasteiger partial charge >= 0.3 is 0 Å². The van der Waals surface area contributed by atoms with Crippen LogP contribution in [-0.2, 0) is 14.8 Å². The van der Waals surface area contributed by atoms with Crippen LogP contribution in [0.25, 0.3) is 17.3 Å². The lowest BCUT2D eigenvalue weighted by Crippen LogP contribution is -2.35. The quantitative estimate of drug-likeness (QED) is 0.495. The number of aromatic nitrogens is 1. The molecule has 0 unspecified atom stereocenters. The Morgan fingerprint density at radius 2 is 1.88 bits per heavy atom. The number of benzene rings is 2. The molecule has 0 radical (unpaired) electrons. The van der Waals surface area contributed by atoms with Gasteiger partial charge in [0.1, 0.15) is 10.6 Å². The minimum Gasteiger partial charge on any atom is -0.495 e. The normalized spacial score (nSPS) is 14.9. The molecule has 1 amide bonds. The second-order valence-electron chi connectivity index (χ2n) is 7.60. The highest BCUT2D eigenvalue weighted by Crippen LogP contribution is 2.30. The number of hydrogen-bond acceptors (Lipinski definition) is 6. The largest absolute Gasteiger partial charge is 0.495 e. The number of methoxy groups -OCH3 is 1. The van der Waals surface area contributed by atoms with Crippen molar-refractivity contribution in [3.8, 4) is 17.0 Å². The smallest absolute Gasteiger partial charge is 0.250 e. The van der Waals surface area contributed by atoms with Gasteiger partial charge in [0.15, 0.2) is 5.13 Å². The van der Waals surface area contributed by atoms with Gasteiger partial charge in [-0.2, -0.15) is 4.31 Å². The first kappa shape index (κ1) is 23.2. The average molecular weight is 484 g/mol. The zero-order valence-corrected chi connectivity index (χ0v) is 19.9. The number of piperidine rings is 1. The van der Waals surface area contributed by atoms with Crippen molar-refractivity contribution in [3.63, 3.8) is 0 Å². The Morgan fingerprint density at radius 1 is 1.12 bits per heavy atom. The Labute approximate surface area is 197 Å². The highest BCUT2D eigenvalue weighted by molar-refractivity contribution is 7.89. The number of nitrogens with zero attached hydrogens (tertiary/aromatic N) is 2. The molecule has 1 saturated heterocycles. The van der Waals surface area contributed by atoms with Gasteiger partial charge in [0, 0.05) is 30.1 Å². The van der Waals surface area contributed by atoms with Crippen molar-refractivity contribution in [2.75, 3.05) is 25.5 Å². The van der Waals surface area contributed by atoms with Crippen molar-refractivity contribution >= 4 is 38.5 Å². The molecule has 1 aliphatic heterocycles. The number of nitrogens with one attached hydrogen (secondary N) is 1. The topological polar surface area (TPSA) is 88.6 Å². The summed E-state index contributed by atoms with van der Waals surface area (Å²) in [6.07, 6.45) is 5.68. The fourth-order valence-electron chi connectivity index (χ4n) is 3.63. The molecule has 2 aromatic carbocycles. The Morgan fingerprint density at radius 3 is 2.61 bits per heavy atom. The van der Waals surface area contributed by atoms with Crippen LogP contribution in [0.4, 0.5) is 5.13 Å². The first-order valence-electron chi connectivity index (χ1n) is 10.7. The van der Waals surface area contributed by atoms with Gasteiger partial charge in [0.25, 0.3) is 0 Å². The van der Waals surface area contributed by atoms with Crippen molar-refractivity contribution in [3.05, 3.63) is 65.6 Å². The van der Waals surface area contributed by atoms with Crippen molar-refractivity contribution in [1.82, 2.24) is 9.29 Å². The summed E-state index contributed by atoms with van der Waals surface area (Å²) in [6, 6.07) is 14.6. The van der Waals surface area contributed by atoms with Gasteiger partial charge in [-0.05, 0) is 36.6 Å². The van der Waals surface area contributed by atoms with E-state index in [4.69, 9.17) is 4.74 Å². The molecule has 7 nitrogen and oxygen atoms in total. The zero-order chi connectivity index (χ0) is 23.3. The van der Waals surface area contributed by atoms with Crippen molar-refractivity contribution < 1.29 is 17.9 Å². The standard InChI is InChI=1S/C24H25N3O4S2/c1-31-21-12-10-18(16-22(21)33(29,30)27-14-6-3-7-15-27)11-13-23(28)26-24-25-20(17-32-24)19-8-4-2-5-9-19/h2,4-5,8-13,16-17H,3,6-7,14-15H2,1H3,(H,25,26,28)/b13-11+. The van der Waals surface area contributed by atoms with Crippen LogP contribution in [0.2, 0.25) is 0 Å². The molecule has 0 atom stereocenters. The highest BCUT2D eigenvalue weighted by Gasteiger charge is 2.29. The maximum atomic E-state index is 13.2. The average Bonchev–Trinajstić information content (AvgIpc) is 3.32. The van der Waals surface area contributed by atoms with Crippen LogP contribution >= 0.6 is 11.3 Å². The fourth-order valence-corrected chi connectivity index (χ4v) is 6.06. The molecule has 1 aliphatic rings. The van der Waals surface area contributed by atoms with E-state index in [9.17, 15) is 13.2 Å². The molecule has 1 N–H and O–H groups in total. The maximum Gasteiger partial charge on any atom is 0.250 e. The summed E-state index contributed by atoms with van der Waals surface area (Å²) in [4.78, 5) is 17.0. The van der Waals surface area contributed by atoms with E-state index in [2.05, 4.69) is 10.3 Å². The second kappa shape index (κ2) is 10.3. The summed E-state index contributed by atoms with van der Waals surface area (Å²) in [6.45, 7) is 1.01. The van der Waals surface area contributed by atoms with Gasteiger partial charge in [0.2, 0.25) is 15.9 Å². The number of thiazole rings is 1. The third-order valence-corrected chi connectivity index (χ3v) is 8.03. The molecule has 172 valence electrons. The van der Waals surface area contributed by atoms with Gasteiger partial charge in [-0.1, -0.05) is 42.8 Å². The lowest BCUT2D eigenvalue weighted by molar-refractivity contribution is -0.111. The van der Waals surface area contributed by atoms with Gasteiger partial charge < -0.3 is 4.74 Å². The van der Waals surface area contributed by atoms with Crippen LogP contribution < -0.4 is 10.1 Å². The summed E-state index contributed by atoms with van der Waals surface area (Å²) in [5.74, 6) is -0.0568. The van der Waals surface area contributed by atoms with E-state index in [0.717, 1.165) is 30.5 Å². The molecule has 4 rings (SSSR count). The molecule has 33 heavy (non-hydrogen) atoms. The van der Waals surface area contributed by atoms with Crippen LogP contribution in [0.3, 0.4) is 0 Å². The maximum absolute atomic E-state index is 13.2. The number of rotatable bonds is 7. The molecule has 0 aliphatic carbocycles. The third-order valence-electron chi connectivity index (χ3n) is 5.35. The predicted molar refractivity (Wildman–Crippen MR) is 131 cm³/mol. The SMILES string of the molecule is COc1ccc(/C=C/C(=O)Nc2nc(-c3ccccc3)cs2)cc1S(=O)(=O)N1CCCCC1. The van der Waals surface area contributed by atoms with Crippen LogP contribution in [0.1, 0.15) is 24.8 Å². The second-order valence-corrected chi connectivity index (χ2v) is 10.4. The molecule has 3 aromatic rings. The number of hydrogen-bond donors (Lipinski definition) is 1. The van der Waals surface area contributed by atoms with Crippen molar-refractivity contribution in [1.29, 1.82) is 0 Å². The fraction of sp³-hybridized carbons (Fsp3) is 0.250. The number of carbonyl (C=O) groups excluding carboxylic acids is 1. The summed E-state index contributed by atoms with van der Waals surface area (Å²) >= 11 is 1.34. The van der Waals surface area contributed by atoms with Crippen LogP contribution in [0.5, 0.6) is 5.75 Å². The summed E-state index contributed by atoms with van der Waals surface area (Å²) in [5.41, 5.74) is 2.36. The van der Waals surface area contributed by atoms with E-state index in [1.807, 2.05) is 35.7 Å². The van der Waals surface area contributed by atoms with Gasteiger partial charge in [-0.15, -0.1) is 11.3 Å². The number of anilines is 1. The van der Waals surface area contributed by atoms with Crippen LogP contribution in [0.15, 0.2) is 64.9 Å². The highest BCUT2D eigenvalue weighted by atomic mass is 32.2. The first-order chi connectivity index (χ1) is 16.0. The van der Waals surface area contributed by atoms with Gasteiger partial charge in [-0.3, -0.25) is 10.1 Å². The van der Waals surface area contributed by atoms with Gasteiger partial charge in [0.05, 0.1) is 12.8 Å². The molecule has 1 fully saturated rings.